The summed E-state index contributed by atoms with van der Waals surface area (Å²) in [4.78, 5) is 18.7. The van der Waals surface area contributed by atoms with Gasteiger partial charge in [-0.3, -0.25) is 4.79 Å². The number of hydrogen-bond donors (Lipinski definition) is 2. The SMILES string of the molecule is CCNC(=O)COc1cccc(CN=C(NCC)N2CCC(C)CC2)c1. The summed E-state index contributed by atoms with van der Waals surface area (Å²) < 4.78 is 5.56. The number of rotatable bonds is 7. The van der Waals surface area contributed by atoms with Crippen LogP contribution < -0.4 is 15.4 Å². The monoisotopic (exact) mass is 360 g/mol. The van der Waals surface area contributed by atoms with Crippen LogP contribution in [-0.2, 0) is 11.3 Å². The third-order valence-electron chi connectivity index (χ3n) is 4.47. The van der Waals surface area contributed by atoms with Crippen LogP contribution in [0.5, 0.6) is 5.75 Å². The standard InChI is InChI=1S/C20H32N4O2/c1-4-21-19(25)15-26-18-8-6-7-17(13-18)14-23-20(22-5-2)24-11-9-16(3)10-12-24/h6-8,13,16H,4-5,9-12,14-15H2,1-3H3,(H,21,25)(H,22,23). The lowest BCUT2D eigenvalue weighted by atomic mass is 10.00. The highest BCUT2D eigenvalue weighted by atomic mass is 16.5. The maximum Gasteiger partial charge on any atom is 0.257 e. The van der Waals surface area contributed by atoms with E-state index in [1.807, 2.05) is 31.2 Å². The number of likely N-dealkylation sites (tertiary alicyclic amines) is 1. The summed E-state index contributed by atoms with van der Waals surface area (Å²) in [6.07, 6.45) is 2.43. The number of ether oxygens (including phenoxy) is 1. The van der Waals surface area contributed by atoms with Crippen molar-refractivity contribution in [3.8, 4) is 5.75 Å². The second-order valence-electron chi connectivity index (χ2n) is 6.73. The van der Waals surface area contributed by atoms with Crippen molar-refractivity contribution >= 4 is 11.9 Å². The number of piperidine rings is 1. The number of hydrogen-bond acceptors (Lipinski definition) is 3. The van der Waals surface area contributed by atoms with E-state index < -0.39 is 0 Å². The molecule has 1 saturated heterocycles. The van der Waals surface area contributed by atoms with Gasteiger partial charge in [0.25, 0.3) is 5.91 Å². The van der Waals surface area contributed by atoms with Gasteiger partial charge in [-0.05, 0) is 50.3 Å². The predicted octanol–water partition coefficient (Wildman–Crippen LogP) is 2.40. The number of nitrogens with zero attached hydrogens (tertiary/aromatic N) is 2. The van der Waals surface area contributed by atoms with Crippen molar-refractivity contribution in [3.05, 3.63) is 29.8 Å². The molecule has 1 fully saturated rings. The Morgan fingerprint density at radius 3 is 2.65 bits per heavy atom. The minimum absolute atomic E-state index is 0.0369. The molecule has 0 spiro atoms. The second-order valence-corrected chi connectivity index (χ2v) is 6.73. The fraction of sp³-hybridized carbons (Fsp3) is 0.600. The lowest BCUT2D eigenvalue weighted by Crippen LogP contribution is -2.45. The van der Waals surface area contributed by atoms with E-state index in [-0.39, 0.29) is 12.5 Å². The Morgan fingerprint density at radius 1 is 1.23 bits per heavy atom. The second kappa shape index (κ2) is 10.7. The Balaban J connectivity index is 1.95. The van der Waals surface area contributed by atoms with Crippen LogP contribution >= 0.6 is 0 Å². The minimum Gasteiger partial charge on any atom is -0.484 e. The molecule has 144 valence electrons. The van der Waals surface area contributed by atoms with Crippen LogP contribution in [0, 0.1) is 5.92 Å². The van der Waals surface area contributed by atoms with E-state index in [9.17, 15) is 4.79 Å². The minimum atomic E-state index is -0.107. The van der Waals surface area contributed by atoms with Gasteiger partial charge in [0.05, 0.1) is 6.54 Å². The first-order chi connectivity index (χ1) is 12.6. The van der Waals surface area contributed by atoms with Crippen molar-refractivity contribution in [1.82, 2.24) is 15.5 Å². The van der Waals surface area contributed by atoms with E-state index in [1.54, 1.807) is 0 Å². The van der Waals surface area contributed by atoms with Gasteiger partial charge < -0.3 is 20.3 Å². The van der Waals surface area contributed by atoms with E-state index in [0.29, 0.717) is 18.8 Å². The fourth-order valence-electron chi connectivity index (χ4n) is 2.94. The van der Waals surface area contributed by atoms with Crippen molar-refractivity contribution < 1.29 is 9.53 Å². The topological polar surface area (TPSA) is 66.0 Å². The highest BCUT2D eigenvalue weighted by Crippen LogP contribution is 2.17. The number of benzene rings is 1. The highest BCUT2D eigenvalue weighted by Gasteiger charge is 2.18. The maximum absolute atomic E-state index is 11.5. The summed E-state index contributed by atoms with van der Waals surface area (Å²) in [6, 6.07) is 7.78. The highest BCUT2D eigenvalue weighted by molar-refractivity contribution is 5.80. The predicted molar refractivity (Wildman–Crippen MR) is 105 cm³/mol. The Morgan fingerprint density at radius 2 is 1.96 bits per heavy atom. The summed E-state index contributed by atoms with van der Waals surface area (Å²) in [5.41, 5.74) is 1.07. The van der Waals surface area contributed by atoms with E-state index in [1.165, 1.54) is 12.8 Å². The summed E-state index contributed by atoms with van der Waals surface area (Å²) >= 11 is 0. The van der Waals surface area contributed by atoms with Gasteiger partial charge in [0, 0.05) is 26.2 Å². The lowest BCUT2D eigenvalue weighted by Gasteiger charge is -2.33. The van der Waals surface area contributed by atoms with E-state index in [2.05, 4.69) is 29.4 Å². The quantitative estimate of drug-likeness (QED) is 0.579. The Bertz CT molecular complexity index is 595. The molecule has 2 rings (SSSR count). The molecule has 2 N–H and O–H groups in total. The third kappa shape index (κ3) is 6.58. The van der Waals surface area contributed by atoms with Gasteiger partial charge in [-0.25, -0.2) is 4.99 Å². The molecule has 0 aromatic heterocycles. The number of amides is 1. The first kappa shape index (κ1) is 20.1. The number of likely N-dealkylation sites (N-methyl/N-ethyl adjacent to an activating group) is 1. The van der Waals surface area contributed by atoms with Crippen molar-refractivity contribution in [3.63, 3.8) is 0 Å². The van der Waals surface area contributed by atoms with Gasteiger partial charge in [0.2, 0.25) is 0 Å². The van der Waals surface area contributed by atoms with Crippen LogP contribution in [0.15, 0.2) is 29.3 Å². The molecule has 0 unspecified atom stereocenters. The third-order valence-corrected chi connectivity index (χ3v) is 4.47. The van der Waals surface area contributed by atoms with Crippen LogP contribution in [-0.4, -0.2) is 49.6 Å². The molecule has 1 aromatic rings. The summed E-state index contributed by atoms with van der Waals surface area (Å²) in [6.45, 7) is 10.5. The molecular weight excluding hydrogens is 328 g/mol. The molecule has 1 aliphatic rings. The van der Waals surface area contributed by atoms with Crippen LogP contribution in [0.1, 0.15) is 39.2 Å². The fourth-order valence-corrected chi connectivity index (χ4v) is 2.94. The lowest BCUT2D eigenvalue weighted by molar-refractivity contribution is -0.122. The molecule has 26 heavy (non-hydrogen) atoms. The Kier molecular flexibility index (Phi) is 8.25. The number of aliphatic imine (C=N–C) groups is 1. The number of nitrogens with one attached hydrogen (secondary N) is 2. The smallest absolute Gasteiger partial charge is 0.257 e. The van der Waals surface area contributed by atoms with Gasteiger partial charge in [-0.2, -0.15) is 0 Å². The normalized spacial score (nSPS) is 15.7. The molecule has 1 heterocycles. The zero-order valence-corrected chi connectivity index (χ0v) is 16.3. The van der Waals surface area contributed by atoms with Crippen LogP contribution in [0.4, 0.5) is 0 Å². The Hall–Kier alpha value is -2.24. The van der Waals surface area contributed by atoms with E-state index in [0.717, 1.165) is 37.1 Å². The molecule has 1 aromatic carbocycles. The molecular formula is C20H32N4O2. The van der Waals surface area contributed by atoms with Crippen molar-refractivity contribution in [2.75, 3.05) is 32.8 Å². The first-order valence-corrected chi connectivity index (χ1v) is 9.64. The first-order valence-electron chi connectivity index (χ1n) is 9.64. The summed E-state index contributed by atoms with van der Waals surface area (Å²) in [5.74, 6) is 2.37. The molecule has 6 nitrogen and oxygen atoms in total. The van der Waals surface area contributed by atoms with Gasteiger partial charge in [0.15, 0.2) is 12.6 Å². The van der Waals surface area contributed by atoms with Crippen molar-refractivity contribution in [2.45, 2.75) is 40.2 Å². The van der Waals surface area contributed by atoms with Crippen LogP contribution in [0.3, 0.4) is 0 Å². The van der Waals surface area contributed by atoms with Crippen molar-refractivity contribution in [2.24, 2.45) is 10.9 Å². The zero-order valence-electron chi connectivity index (χ0n) is 16.3. The largest absolute Gasteiger partial charge is 0.484 e. The Labute approximate surface area is 157 Å². The number of guanidine groups is 1. The van der Waals surface area contributed by atoms with Gasteiger partial charge in [0.1, 0.15) is 5.75 Å². The molecule has 0 radical (unpaired) electrons. The maximum atomic E-state index is 11.5. The summed E-state index contributed by atoms with van der Waals surface area (Å²) in [7, 11) is 0. The van der Waals surface area contributed by atoms with E-state index >= 15 is 0 Å². The van der Waals surface area contributed by atoms with Crippen LogP contribution in [0.25, 0.3) is 0 Å². The van der Waals surface area contributed by atoms with Gasteiger partial charge >= 0.3 is 0 Å². The number of carbonyl (C=O) groups is 1. The van der Waals surface area contributed by atoms with Gasteiger partial charge in [-0.15, -0.1) is 0 Å². The van der Waals surface area contributed by atoms with E-state index in [4.69, 9.17) is 9.73 Å². The molecule has 0 aliphatic carbocycles. The van der Waals surface area contributed by atoms with Crippen molar-refractivity contribution in [1.29, 1.82) is 0 Å². The summed E-state index contributed by atoms with van der Waals surface area (Å²) in [5, 5.41) is 6.12. The zero-order chi connectivity index (χ0) is 18.8. The average molecular weight is 361 g/mol. The average Bonchev–Trinajstić information content (AvgIpc) is 2.65. The molecule has 0 atom stereocenters. The molecule has 6 heteroatoms. The van der Waals surface area contributed by atoms with Gasteiger partial charge in [-0.1, -0.05) is 19.1 Å². The van der Waals surface area contributed by atoms with Crippen LogP contribution in [0.2, 0.25) is 0 Å². The number of carbonyl (C=O) groups excluding carboxylic acids is 1. The molecule has 1 aliphatic heterocycles. The molecule has 0 saturated carbocycles. The molecule has 0 bridgehead atoms. The molecule has 1 amide bonds.